The topological polar surface area (TPSA) is 70.2 Å². The van der Waals surface area contributed by atoms with Gasteiger partial charge in [0, 0.05) is 11.8 Å². The molecule has 1 heterocycles. The number of alkyl halides is 3. The maximum absolute atomic E-state index is 14.0. The second kappa shape index (κ2) is 7.19. The minimum Gasteiger partial charge on any atom is -0.490 e. The molecule has 6 nitrogen and oxygen atoms in total. The zero-order chi connectivity index (χ0) is 21.5. The van der Waals surface area contributed by atoms with E-state index in [1.54, 1.807) is 6.92 Å². The van der Waals surface area contributed by atoms with Gasteiger partial charge in [0.05, 0.1) is 23.3 Å². The number of hydrogen-bond donors (Lipinski definition) is 0. The van der Waals surface area contributed by atoms with Crippen molar-refractivity contribution in [3.05, 3.63) is 69.3 Å². The molecule has 3 aromatic rings. The predicted octanol–water partition coefficient (Wildman–Crippen LogP) is 5.23. The van der Waals surface area contributed by atoms with Crippen molar-refractivity contribution in [3.63, 3.8) is 0 Å². The van der Waals surface area contributed by atoms with Crippen molar-refractivity contribution in [1.82, 2.24) is 9.55 Å². The molecule has 3 rings (SSSR count). The number of hydrogen-bond acceptors (Lipinski definition) is 4. The molecule has 0 unspecified atom stereocenters. The van der Waals surface area contributed by atoms with Crippen LogP contribution >= 0.6 is 0 Å². The number of halogens is 4. The number of rotatable bonds is 4. The summed E-state index contributed by atoms with van der Waals surface area (Å²) in [7, 11) is 1.04. The van der Waals surface area contributed by atoms with Gasteiger partial charge in [0.2, 0.25) is 0 Å². The molecule has 29 heavy (non-hydrogen) atoms. The van der Waals surface area contributed by atoms with E-state index in [0.29, 0.717) is 23.4 Å². The van der Waals surface area contributed by atoms with E-state index in [2.05, 4.69) is 4.98 Å². The summed E-state index contributed by atoms with van der Waals surface area (Å²) in [6, 6.07) is 5.41. The summed E-state index contributed by atoms with van der Waals surface area (Å²) in [5.74, 6) is -1.01. The summed E-state index contributed by atoms with van der Waals surface area (Å²) in [6.07, 6.45) is -3.41. The smallest absolute Gasteiger partial charge is 0.416 e. The molecule has 0 aliphatic heterocycles. The SMILES string of the molecule is COc1cc(C(F)(F)F)cc(-n2cc(C)nc2-c2cccc(F)c2C)c1[N+](=O)[O-]. The summed E-state index contributed by atoms with van der Waals surface area (Å²) in [5, 5.41) is 11.7. The van der Waals surface area contributed by atoms with Crippen molar-refractivity contribution in [1.29, 1.82) is 0 Å². The van der Waals surface area contributed by atoms with Crippen LogP contribution in [-0.4, -0.2) is 21.6 Å². The van der Waals surface area contributed by atoms with Gasteiger partial charge in [-0.3, -0.25) is 14.7 Å². The number of nitro benzene ring substituents is 1. The molecule has 0 N–H and O–H groups in total. The van der Waals surface area contributed by atoms with Crippen LogP contribution in [0.15, 0.2) is 36.5 Å². The third-order valence-corrected chi connectivity index (χ3v) is 4.38. The Morgan fingerprint density at radius 3 is 2.48 bits per heavy atom. The van der Waals surface area contributed by atoms with E-state index in [0.717, 1.165) is 11.7 Å². The highest BCUT2D eigenvalue weighted by atomic mass is 19.4. The minimum atomic E-state index is -4.76. The van der Waals surface area contributed by atoms with Crippen LogP contribution in [0.2, 0.25) is 0 Å². The highest BCUT2D eigenvalue weighted by molar-refractivity contribution is 5.70. The molecule has 0 bridgehead atoms. The first-order valence-corrected chi connectivity index (χ1v) is 8.30. The van der Waals surface area contributed by atoms with E-state index in [9.17, 15) is 27.7 Å². The minimum absolute atomic E-state index is 0.0731. The maximum atomic E-state index is 14.0. The molecule has 2 aromatic carbocycles. The van der Waals surface area contributed by atoms with Crippen LogP contribution < -0.4 is 4.74 Å². The molecule has 0 aliphatic carbocycles. The fourth-order valence-corrected chi connectivity index (χ4v) is 3.00. The average molecular weight is 409 g/mol. The van der Waals surface area contributed by atoms with Gasteiger partial charge >= 0.3 is 11.9 Å². The van der Waals surface area contributed by atoms with Gasteiger partial charge < -0.3 is 4.74 Å². The lowest BCUT2D eigenvalue weighted by molar-refractivity contribution is -0.385. The number of methoxy groups -OCH3 is 1. The molecule has 0 fully saturated rings. The third kappa shape index (κ3) is 3.65. The number of nitro groups is 1. The van der Waals surface area contributed by atoms with Crippen LogP contribution in [0.4, 0.5) is 23.2 Å². The molecule has 0 atom stereocenters. The Labute approximate surface area is 162 Å². The second-order valence-electron chi connectivity index (χ2n) is 6.29. The van der Waals surface area contributed by atoms with Gasteiger partial charge in [0.1, 0.15) is 17.3 Å². The largest absolute Gasteiger partial charge is 0.490 e. The standard InChI is InChI=1S/C19H15F4N3O3/c1-10-9-25(18(24-10)13-5-4-6-14(20)11(13)2)15-7-12(19(21,22)23)8-16(29-3)17(15)26(27)28/h4-9H,1-3H3. The van der Waals surface area contributed by atoms with Crippen molar-refractivity contribution >= 4 is 5.69 Å². The Morgan fingerprint density at radius 2 is 1.90 bits per heavy atom. The van der Waals surface area contributed by atoms with Crippen molar-refractivity contribution in [3.8, 4) is 22.8 Å². The summed E-state index contributed by atoms with van der Waals surface area (Å²) in [5.41, 5.74) is -1.28. The summed E-state index contributed by atoms with van der Waals surface area (Å²) in [4.78, 5) is 15.1. The lowest BCUT2D eigenvalue weighted by Crippen LogP contribution is -2.10. The van der Waals surface area contributed by atoms with Crippen molar-refractivity contribution in [2.75, 3.05) is 7.11 Å². The van der Waals surface area contributed by atoms with Crippen molar-refractivity contribution in [2.45, 2.75) is 20.0 Å². The van der Waals surface area contributed by atoms with Crippen LogP contribution in [0, 0.1) is 29.8 Å². The molecule has 0 amide bonds. The van der Waals surface area contributed by atoms with Crippen LogP contribution in [-0.2, 0) is 6.18 Å². The first kappa shape index (κ1) is 20.3. The Balaban J connectivity index is 2.40. The average Bonchev–Trinajstić information content (AvgIpc) is 3.03. The molecular formula is C19H15F4N3O3. The molecule has 0 spiro atoms. The van der Waals surface area contributed by atoms with E-state index in [1.165, 1.54) is 31.3 Å². The summed E-state index contributed by atoms with van der Waals surface area (Å²) >= 11 is 0. The van der Waals surface area contributed by atoms with Crippen LogP contribution in [0.5, 0.6) is 5.75 Å². The number of benzene rings is 2. The zero-order valence-corrected chi connectivity index (χ0v) is 15.5. The van der Waals surface area contributed by atoms with Crippen molar-refractivity contribution < 1.29 is 27.2 Å². The normalized spacial score (nSPS) is 11.6. The van der Waals surface area contributed by atoms with Gasteiger partial charge in [0.25, 0.3) is 0 Å². The van der Waals surface area contributed by atoms with Crippen LogP contribution in [0.1, 0.15) is 16.8 Å². The number of aryl methyl sites for hydroxylation is 1. The summed E-state index contributed by atoms with van der Waals surface area (Å²) < 4.78 is 60.2. The number of imidazole rings is 1. The van der Waals surface area contributed by atoms with E-state index in [1.807, 2.05) is 0 Å². The number of nitrogens with zero attached hydrogens (tertiary/aromatic N) is 3. The van der Waals surface area contributed by atoms with Gasteiger partial charge in [0.15, 0.2) is 5.75 Å². The van der Waals surface area contributed by atoms with E-state index >= 15 is 0 Å². The third-order valence-electron chi connectivity index (χ3n) is 4.38. The second-order valence-corrected chi connectivity index (χ2v) is 6.29. The predicted molar refractivity (Wildman–Crippen MR) is 96.6 cm³/mol. The van der Waals surface area contributed by atoms with E-state index < -0.39 is 33.9 Å². The molecule has 152 valence electrons. The van der Waals surface area contributed by atoms with Gasteiger partial charge in [-0.15, -0.1) is 0 Å². The summed E-state index contributed by atoms with van der Waals surface area (Å²) in [6.45, 7) is 3.06. The monoisotopic (exact) mass is 409 g/mol. The first-order chi connectivity index (χ1) is 13.5. The lowest BCUT2D eigenvalue weighted by atomic mass is 10.1. The Morgan fingerprint density at radius 1 is 1.21 bits per heavy atom. The Bertz CT molecular complexity index is 1110. The van der Waals surface area contributed by atoms with E-state index in [-0.39, 0.29) is 17.1 Å². The highest BCUT2D eigenvalue weighted by Crippen LogP contribution is 2.42. The molecule has 1 aromatic heterocycles. The van der Waals surface area contributed by atoms with Crippen LogP contribution in [0.25, 0.3) is 17.1 Å². The Kier molecular flexibility index (Phi) is 5.04. The molecule has 0 radical (unpaired) electrons. The van der Waals surface area contributed by atoms with Gasteiger partial charge in [-0.2, -0.15) is 13.2 Å². The molecule has 10 heteroatoms. The highest BCUT2D eigenvalue weighted by Gasteiger charge is 2.36. The lowest BCUT2D eigenvalue weighted by Gasteiger charge is -2.15. The molecule has 0 saturated carbocycles. The molecule has 0 saturated heterocycles. The molecular weight excluding hydrogens is 394 g/mol. The fourth-order valence-electron chi connectivity index (χ4n) is 3.00. The van der Waals surface area contributed by atoms with E-state index in [4.69, 9.17) is 4.74 Å². The van der Waals surface area contributed by atoms with Crippen molar-refractivity contribution in [2.24, 2.45) is 0 Å². The number of aromatic nitrogens is 2. The zero-order valence-electron chi connectivity index (χ0n) is 15.5. The van der Waals surface area contributed by atoms with Gasteiger partial charge in [-0.1, -0.05) is 12.1 Å². The fraction of sp³-hybridized carbons (Fsp3) is 0.211. The first-order valence-electron chi connectivity index (χ1n) is 8.30. The molecule has 0 aliphatic rings. The number of ether oxygens (including phenoxy) is 1. The Hall–Kier alpha value is -3.43. The van der Waals surface area contributed by atoms with Gasteiger partial charge in [-0.05, 0) is 37.6 Å². The van der Waals surface area contributed by atoms with Gasteiger partial charge in [-0.25, -0.2) is 9.37 Å². The quantitative estimate of drug-likeness (QED) is 0.336. The maximum Gasteiger partial charge on any atom is 0.416 e. The van der Waals surface area contributed by atoms with Crippen LogP contribution in [0.3, 0.4) is 0 Å².